The summed E-state index contributed by atoms with van der Waals surface area (Å²) in [4.78, 5) is 11.3. The van der Waals surface area contributed by atoms with Gasteiger partial charge in [-0.25, -0.2) is 0 Å². The van der Waals surface area contributed by atoms with Crippen molar-refractivity contribution < 1.29 is 9.86 Å². The molecule has 0 aromatic heterocycles. The van der Waals surface area contributed by atoms with Crippen LogP contribution in [0.1, 0.15) is 10.4 Å². The van der Waals surface area contributed by atoms with E-state index in [-0.39, 0.29) is 11.0 Å². The maximum atomic E-state index is 11.4. The minimum absolute atomic E-state index is 0.144. The maximum Gasteiger partial charge on any atom is 0.261 e. The van der Waals surface area contributed by atoms with E-state index in [1.165, 1.54) is 12.4 Å². The number of fused-ring (bicyclic) bond motifs is 1. The van der Waals surface area contributed by atoms with E-state index in [1.54, 1.807) is 24.3 Å². The summed E-state index contributed by atoms with van der Waals surface area (Å²) in [5.74, 6) is -0.238. The molecule has 2 rings (SSSR count). The van der Waals surface area contributed by atoms with E-state index < -0.39 is 0 Å². The standard InChI is InChI=1S/C9H8N2O2/c12-9-7-3-1-2-4-8(7)11(13)6-5-10-9/h1-6,11H,(H,10,12). The van der Waals surface area contributed by atoms with Crippen LogP contribution in [0.15, 0.2) is 36.7 Å². The van der Waals surface area contributed by atoms with Crippen LogP contribution in [0.5, 0.6) is 0 Å². The molecule has 4 nitrogen and oxygen atoms in total. The molecule has 13 heavy (non-hydrogen) atoms. The van der Waals surface area contributed by atoms with Crippen LogP contribution >= 0.6 is 0 Å². The number of rotatable bonds is 0. The molecule has 0 fully saturated rings. The van der Waals surface area contributed by atoms with E-state index in [2.05, 4.69) is 5.32 Å². The Balaban J connectivity index is 2.58. The number of benzene rings is 1. The molecule has 0 aliphatic carbocycles. The van der Waals surface area contributed by atoms with E-state index in [4.69, 9.17) is 0 Å². The summed E-state index contributed by atoms with van der Waals surface area (Å²) in [6.07, 6.45) is 2.72. The third kappa shape index (κ3) is 1.32. The van der Waals surface area contributed by atoms with Gasteiger partial charge in [-0.05, 0) is 6.07 Å². The molecule has 0 radical (unpaired) electrons. The number of carbonyl (C=O) groups is 1. The van der Waals surface area contributed by atoms with Gasteiger partial charge in [0, 0.05) is 6.07 Å². The number of nitrogens with one attached hydrogen (secondary N) is 2. The van der Waals surface area contributed by atoms with Crippen LogP contribution in [0.4, 0.5) is 5.69 Å². The van der Waals surface area contributed by atoms with Crippen LogP contribution in [0, 0.1) is 5.21 Å². The van der Waals surface area contributed by atoms with Crippen molar-refractivity contribution in [3.05, 3.63) is 47.4 Å². The minimum Gasteiger partial charge on any atom is -0.624 e. The maximum absolute atomic E-state index is 11.4. The van der Waals surface area contributed by atoms with Gasteiger partial charge in [0.25, 0.3) is 5.91 Å². The summed E-state index contributed by atoms with van der Waals surface area (Å²) in [6, 6.07) is 6.75. The Kier molecular flexibility index (Phi) is 1.84. The summed E-state index contributed by atoms with van der Waals surface area (Å²) < 4.78 is 0. The van der Waals surface area contributed by atoms with Crippen LogP contribution in [-0.2, 0) is 0 Å². The Morgan fingerprint density at radius 2 is 2.08 bits per heavy atom. The van der Waals surface area contributed by atoms with Gasteiger partial charge < -0.3 is 15.6 Å². The quantitative estimate of drug-likeness (QED) is 0.543. The number of amides is 1. The monoisotopic (exact) mass is 176 g/mol. The molecule has 1 aliphatic rings. The SMILES string of the molecule is O=C1NC=C[NH+]([O-])c2ccccc21. The van der Waals surface area contributed by atoms with E-state index in [0.717, 1.165) is 0 Å². The van der Waals surface area contributed by atoms with Crippen molar-refractivity contribution in [2.75, 3.05) is 0 Å². The van der Waals surface area contributed by atoms with Gasteiger partial charge >= 0.3 is 0 Å². The Morgan fingerprint density at radius 3 is 2.92 bits per heavy atom. The fourth-order valence-corrected chi connectivity index (χ4v) is 1.26. The van der Waals surface area contributed by atoms with Crippen LogP contribution < -0.4 is 10.4 Å². The second-order valence-corrected chi connectivity index (χ2v) is 2.72. The van der Waals surface area contributed by atoms with Crippen molar-refractivity contribution >= 4 is 11.6 Å². The average molecular weight is 176 g/mol. The van der Waals surface area contributed by atoms with Gasteiger partial charge in [-0.15, -0.1) is 0 Å². The van der Waals surface area contributed by atoms with Crippen LogP contribution in [-0.4, -0.2) is 5.91 Å². The van der Waals surface area contributed by atoms with Crippen molar-refractivity contribution in [1.82, 2.24) is 5.32 Å². The first-order valence-corrected chi connectivity index (χ1v) is 3.90. The number of hydroxylamine groups is 1. The first kappa shape index (κ1) is 7.97. The van der Waals surface area contributed by atoms with E-state index in [0.29, 0.717) is 11.3 Å². The first-order chi connectivity index (χ1) is 6.29. The van der Waals surface area contributed by atoms with E-state index >= 15 is 0 Å². The van der Waals surface area contributed by atoms with Crippen molar-refractivity contribution in [2.24, 2.45) is 0 Å². The van der Waals surface area contributed by atoms with Gasteiger partial charge in [0.1, 0.15) is 17.5 Å². The zero-order valence-corrected chi connectivity index (χ0v) is 6.78. The molecule has 0 bridgehead atoms. The van der Waals surface area contributed by atoms with Gasteiger partial charge in [0.2, 0.25) is 0 Å². The lowest BCUT2D eigenvalue weighted by Gasteiger charge is -2.16. The molecule has 0 saturated heterocycles. The molecule has 0 spiro atoms. The Labute approximate surface area is 75.1 Å². The van der Waals surface area contributed by atoms with Crippen LogP contribution in [0.2, 0.25) is 0 Å². The highest BCUT2D eigenvalue weighted by Crippen LogP contribution is 2.11. The molecule has 1 aromatic carbocycles. The van der Waals surface area contributed by atoms with Gasteiger partial charge in [0.05, 0.1) is 6.20 Å². The highest BCUT2D eigenvalue weighted by atomic mass is 16.5. The highest BCUT2D eigenvalue weighted by Gasteiger charge is 2.16. The fourth-order valence-electron chi connectivity index (χ4n) is 1.26. The minimum atomic E-state index is -0.238. The zero-order chi connectivity index (χ0) is 9.26. The van der Waals surface area contributed by atoms with Crippen LogP contribution in [0.25, 0.3) is 0 Å². The number of hydrogen-bond acceptors (Lipinski definition) is 2. The molecule has 1 aromatic rings. The molecule has 4 heteroatoms. The lowest BCUT2D eigenvalue weighted by Crippen LogP contribution is -2.96. The lowest BCUT2D eigenvalue weighted by atomic mass is 10.1. The third-order valence-corrected chi connectivity index (χ3v) is 1.89. The second kappa shape index (κ2) is 3.01. The molecule has 2 N–H and O–H groups in total. The van der Waals surface area contributed by atoms with Gasteiger partial charge in [-0.1, -0.05) is 12.1 Å². The highest BCUT2D eigenvalue weighted by molar-refractivity contribution is 5.98. The lowest BCUT2D eigenvalue weighted by molar-refractivity contribution is -0.714. The summed E-state index contributed by atoms with van der Waals surface area (Å²) in [5.41, 5.74) is 0.881. The van der Waals surface area contributed by atoms with E-state index in [1.807, 2.05) is 0 Å². The molecule has 1 amide bonds. The van der Waals surface area contributed by atoms with Crippen molar-refractivity contribution in [3.8, 4) is 0 Å². The molecular weight excluding hydrogens is 168 g/mol. The predicted molar refractivity (Wildman–Crippen MR) is 47.0 cm³/mol. The predicted octanol–water partition coefficient (Wildman–Crippen LogP) is -0.0846. The third-order valence-electron chi connectivity index (χ3n) is 1.89. The smallest absolute Gasteiger partial charge is 0.261 e. The Hall–Kier alpha value is -1.65. The second-order valence-electron chi connectivity index (χ2n) is 2.72. The Bertz CT molecular complexity index is 374. The van der Waals surface area contributed by atoms with Crippen molar-refractivity contribution in [1.29, 1.82) is 0 Å². The molecule has 66 valence electrons. The molecular formula is C9H8N2O2. The molecule has 1 atom stereocenters. The summed E-state index contributed by atoms with van der Waals surface area (Å²) in [6.45, 7) is 0. The van der Waals surface area contributed by atoms with E-state index in [9.17, 15) is 10.0 Å². The molecule has 0 saturated carbocycles. The van der Waals surface area contributed by atoms with Crippen molar-refractivity contribution in [2.45, 2.75) is 0 Å². The molecule has 1 heterocycles. The van der Waals surface area contributed by atoms with Gasteiger partial charge in [-0.3, -0.25) is 4.79 Å². The largest absolute Gasteiger partial charge is 0.624 e. The number of para-hydroxylation sites is 1. The average Bonchev–Trinajstić information content (AvgIpc) is 2.29. The van der Waals surface area contributed by atoms with Crippen LogP contribution in [0.3, 0.4) is 0 Å². The van der Waals surface area contributed by atoms with Crippen molar-refractivity contribution in [3.63, 3.8) is 0 Å². The Morgan fingerprint density at radius 1 is 1.31 bits per heavy atom. The zero-order valence-electron chi connectivity index (χ0n) is 6.78. The van der Waals surface area contributed by atoms with Gasteiger partial charge in [0.15, 0.2) is 0 Å². The fraction of sp³-hybridized carbons (Fsp3) is 0. The first-order valence-electron chi connectivity index (χ1n) is 3.90. The molecule has 1 aliphatic heterocycles. The molecule has 1 unspecified atom stereocenters. The van der Waals surface area contributed by atoms with Gasteiger partial charge in [-0.2, -0.15) is 0 Å². The summed E-state index contributed by atoms with van der Waals surface area (Å²) in [7, 11) is 0. The normalized spacial score (nSPS) is 20.4. The number of quaternary nitrogens is 1. The topological polar surface area (TPSA) is 56.6 Å². The summed E-state index contributed by atoms with van der Waals surface area (Å²) in [5, 5.41) is 13.7. The number of carbonyl (C=O) groups excluding carboxylic acids is 1. The number of hydrogen-bond donors (Lipinski definition) is 2. The summed E-state index contributed by atoms with van der Waals surface area (Å²) >= 11 is 0.